The Bertz CT molecular complexity index is 564. The highest BCUT2D eigenvalue weighted by Crippen LogP contribution is 2.24. The predicted molar refractivity (Wildman–Crippen MR) is 60.8 cm³/mol. The summed E-state index contributed by atoms with van der Waals surface area (Å²) in [6, 6.07) is 0. The normalized spacial score (nSPS) is 20.7. The highest BCUT2D eigenvalue weighted by atomic mass is 32.3. The van der Waals surface area contributed by atoms with Crippen molar-refractivity contribution in [2.45, 2.75) is 6.42 Å². The van der Waals surface area contributed by atoms with Crippen LogP contribution in [0.4, 0.5) is 15.8 Å². The van der Waals surface area contributed by atoms with Crippen LogP contribution < -0.4 is 10.6 Å². The second kappa shape index (κ2) is 4.19. The molecule has 8 nitrogen and oxygen atoms in total. The SMILES string of the molecule is Cn1nc(N2CC(CS(=O)(=O)F)CC2=O)nc1N. The average Bonchev–Trinajstić information content (AvgIpc) is 2.69. The van der Waals surface area contributed by atoms with Crippen LogP contribution in [0, 0.1) is 5.92 Å². The summed E-state index contributed by atoms with van der Waals surface area (Å²) >= 11 is 0. The molecule has 1 aromatic rings. The number of aromatic nitrogens is 3. The fraction of sp³-hybridized carbons (Fsp3) is 0.625. The second-order valence-electron chi connectivity index (χ2n) is 4.17. The fourth-order valence-corrected chi connectivity index (χ4v) is 2.65. The molecule has 1 amide bonds. The van der Waals surface area contributed by atoms with Gasteiger partial charge < -0.3 is 5.73 Å². The predicted octanol–water partition coefficient (Wildman–Crippen LogP) is -0.950. The topological polar surface area (TPSA) is 111 Å². The summed E-state index contributed by atoms with van der Waals surface area (Å²) in [5.74, 6) is -1.35. The molecule has 1 unspecified atom stereocenters. The van der Waals surface area contributed by atoms with Crippen molar-refractivity contribution in [2.24, 2.45) is 13.0 Å². The van der Waals surface area contributed by atoms with E-state index in [1.165, 1.54) is 9.58 Å². The van der Waals surface area contributed by atoms with Gasteiger partial charge in [0.1, 0.15) is 0 Å². The molecule has 100 valence electrons. The van der Waals surface area contributed by atoms with Crippen molar-refractivity contribution in [3.63, 3.8) is 0 Å². The van der Waals surface area contributed by atoms with Crippen molar-refractivity contribution in [2.75, 3.05) is 22.9 Å². The molecule has 1 fully saturated rings. The van der Waals surface area contributed by atoms with E-state index in [1.807, 2.05) is 0 Å². The molecule has 1 aliphatic heterocycles. The zero-order valence-electron chi connectivity index (χ0n) is 9.58. The number of nitrogens with zero attached hydrogens (tertiary/aromatic N) is 4. The van der Waals surface area contributed by atoms with Crippen molar-refractivity contribution in [3.8, 4) is 0 Å². The van der Waals surface area contributed by atoms with Crippen molar-refractivity contribution in [3.05, 3.63) is 0 Å². The lowest BCUT2D eigenvalue weighted by atomic mass is 10.1. The largest absolute Gasteiger partial charge is 0.368 e. The molecule has 1 aliphatic rings. The molecule has 0 bridgehead atoms. The third-order valence-corrected chi connectivity index (χ3v) is 3.54. The van der Waals surface area contributed by atoms with Gasteiger partial charge in [-0.2, -0.15) is 13.4 Å². The van der Waals surface area contributed by atoms with Gasteiger partial charge in [-0.05, 0) is 0 Å². The third-order valence-electron chi connectivity index (χ3n) is 2.67. The van der Waals surface area contributed by atoms with Gasteiger partial charge in [0.2, 0.25) is 11.9 Å². The number of carbonyl (C=O) groups is 1. The lowest BCUT2D eigenvalue weighted by Gasteiger charge is -2.10. The van der Waals surface area contributed by atoms with E-state index in [1.54, 1.807) is 7.05 Å². The first-order valence-electron chi connectivity index (χ1n) is 5.15. The first-order chi connectivity index (χ1) is 8.26. The van der Waals surface area contributed by atoms with Crippen molar-refractivity contribution >= 4 is 28.0 Å². The maximum atomic E-state index is 12.6. The zero-order chi connectivity index (χ0) is 13.5. The lowest BCUT2D eigenvalue weighted by Crippen LogP contribution is -2.26. The molecule has 10 heteroatoms. The molecule has 0 saturated carbocycles. The summed E-state index contributed by atoms with van der Waals surface area (Å²) in [4.78, 5) is 16.7. The molecule has 0 radical (unpaired) electrons. The summed E-state index contributed by atoms with van der Waals surface area (Å²) in [7, 11) is -3.02. The number of halogens is 1. The van der Waals surface area contributed by atoms with Crippen LogP contribution in [0.3, 0.4) is 0 Å². The van der Waals surface area contributed by atoms with Gasteiger partial charge in [-0.15, -0.1) is 8.98 Å². The number of carbonyl (C=O) groups excluding carboxylic acids is 1. The molecule has 1 atom stereocenters. The van der Waals surface area contributed by atoms with Crippen LogP contribution in [0.1, 0.15) is 6.42 Å². The van der Waals surface area contributed by atoms with Gasteiger partial charge in [0.25, 0.3) is 5.95 Å². The summed E-state index contributed by atoms with van der Waals surface area (Å²) < 4.78 is 34.9. The molecule has 0 aliphatic carbocycles. The van der Waals surface area contributed by atoms with Gasteiger partial charge in [-0.3, -0.25) is 9.69 Å². The number of anilines is 2. The van der Waals surface area contributed by atoms with E-state index < -0.39 is 21.9 Å². The highest BCUT2D eigenvalue weighted by Gasteiger charge is 2.35. The Morgan fingerprint density at radius 1 is 1.56 bits per heavy atom. The highest BCUT2D eigenvalue weighted by molar-refractivity contribution is 7.86. The Kier molecular flexibility index (Phi) is 2.97. The number of nitrogens with two attached hydrogens (primary N) is 1. The van der Waals surface area contributed by atoms with E-state index in [2.05, 4.69) is 10.1 Å². The zero-order valence-corrected chi connectivity index (χ0v) is 10.4. The standard InChI is InChI=1S/C8H12FN5O3S/c1-13-7(10)11-8(12-13)14-3-5(2-6(14)15)4-18(9,16)17/h5H,2-4H2,1H3,(H2,10,11,12). The van der Waals surface area contributed by atoms with Gasteiger partial charge in [0.15, 0.2) is 0 Å². The summed E-state index contributed by atoms with van der Waals surface area (Å²) in [6.45, 7) is 0.0748. The molecule has 2 rings (SSSR count). The smallest absolute Gasteiger partial charge is 0.302 e. The van der Waals surface area contributed by atoms with Crippen molar-refractivity contribution in [1.29, 1.82) is 0 Å². The Balaban J connectivity index is 2.15. The van der Waals surface area contributed by atoms with Gasteiger partial charge in [-0.1, -0.05) is 0 Å². The molecule has 1 saturated heterocycles. The second-order valence-corrected chi connectivity index (χ2v) is 5.58. The van der Waals surface area contributed by atoms with Crippen LogP contribution in [-0.2, 0) is 22.1 Å². The Hall–Kier alpha value is -1.71. The first kappa shape index (κ1) is 12.7. The van der Waals surface area contributed by atoms with Crippen LogP contribution in [-0.4, -0.2) is 41.4 Å². The number of hydrogen-bond acceptors (Lipinski definition) is 6. The van der Waals surface area contributed by atoms with Crippen LogP contribution in [0.2, 0.25) is 0 Å². The number of rotatable bonds is 3. The van der Waals surface area contributed by atoms with E-state index in [9.17, 15) is 17.1 Å². The fourth-order valence-electron chi connectivity index (χ4n) is 1.86. The van der Waals surface area contributed by atoms with Gasteiger partial charge in [0.05, 0.1) is 5.75 Å². The van der Waals surface area contributed by atoms with Crippen molar-refractivity contribution < 1.29 is 17.1 Å². The average molecular weight is 277 g/mol. The van der Waals surface area contributed by atoms with Crippen LogP contribution in [0.25, 0.3) is 0 Å². The van der Waals surface area contributed by atoms with Crippen LogP contribution in [0.5, 0.6) is 0 Å². The molecule has 0 aromatic carbocycles. The Morgan fingerprint density at radius 2 is 2.22 bits per heavy atom. The van der Waals surface area contributed by atoms with Crippen LogP contribution >= 0.6 is 0 Å². The number of hydrogen-bond donors (Lipinski definition) is 1. The molecule has 18 heavy (non-hydrogen) atoms. The molecular formula is C8H12FN5O3S. The number of nitrogen functional groups attached to an aromatic ring is 1. The maximum Gasteiger partial charge on any atom is 0.302 e. The minimum atomic E-state index is -4.59. The minimum Gasteiger partial charge on any atom is -0.368 e. The maximum absolute atomic E-state index is 12.6. The molecule has 2 heterocycles. The first-order valence-corrected chi connectivity index (χ1v) is 6.71. The molecular weight excluding hydrogens is 265 g/mol. The van der Waals surface area contributed by atoms with E-state index >= 15 is 0 Å². The lowest BCUT2D eigenvalue weighted by molar-refractivity contribution is -0.117. The quantitative estimate of drug-likeness (QED) is 0.713. The number of aryl methyl sites for hydroxylation is 1. The summed E-state index contributed by atoms with van der Waals surface area (Å²) in [6.07, 6.45) is -0.0404. The van der Waals surface area contributed by atoms with Gasteiger partial charge in [0, 0.05) is 25.9 Å². The number of amides is 1. The molecule has 0 spiro atoms. The Morgan fingerprint density at radius 3 is 2.72 bits per heavy atom. The summed E-state index contributed by atoms with van der Waals surface area (Å²) in [5.41, 5.74) is 5.49. The van der Waals surface area contributed by atoms with Gasteiger partial charge >= 0.3 is 10.2 Å². The summed E-state index contributed by atoms with van der Waals surface area (Å²) in [5, 5.41) is 3.92. The van der Waals surface area contributed by atoms with Gasteiger partial charge in [-0.25, -0.2) is 4.68 Å². The molecule has 2 N–H and O–H groups in total. The Labute approximate surface area is 103 Å². The van der Waals surface area contributed by atoms with E-state index in [0.29, 0.717) is 0 Å². The molecule has 1 aromatic heterocycles. The van der Waals surface area contributed by atoms with E-state index in [-0.39, 0.29) is 30.8 Å². The van der Waals surface area contributed by atoms with Crippen LogP contribution in [0.15, 0.2) is 0 Å². The third kappa shape index (κ3) is 2.58. The van der Waals surface area contributed by atoms with E-state index in [4.69, 9.17) is 5.73 Å². The van der Waals surface area contributed by atoms with E-state index in [0.717, 1.165) is 0 Å². The minimum absolute atomic E-state index is 0.0404. The monoisotopic (exact) mass is 277 g/mol. The van der Waals surface area contributed by atoms with Crippen molar-refractivity contribution in [1.82, 2.24) is 14.8 Å².